The normalized spacial score (nSPS) is 23.1. The molecule has 0 bridgehead atoms. The minimum absolute atomic E-state index is 0.00779. The van der Waals surface area contributed by atoms with Gasteiger partial charge in [0.05, 0.1) is 73.5 Å². The Kier molecular flexibility index (Phi) is 30.1. The van der Waals surface area contributed by atoms with Gasteiger partial charge in [0.2, 0.25) is 0 Å². The average molecular weight is 1640 g/mol. The Bertz CT molecular complexity index is 4670. The number of thioether (sulfide) groups is 1. The van der Waals surface area contributed by atoms with Crippen LogP contribution in [0.4, 0.5) is 0 Å². The largest absolute Gasteiger partial charge is 0.497 e. The summed E-state index contributed by atoms with van der Waals surface area (Å²) in [4.78, 5) is 89.9. The van der Waals surface area contributed by atoms with E-state index in [-0.39, 0.29) is 66.4 Å². The summed E-state index contributed by atoms with van der Waals surface area (Å²) >= 11 is 4.73. The van der Waals surface area contributed by atoms with Gasteiger partial charge in [-0.15, -0.1) is 11.8 Å². The molecule has 10 aromatic carbocycles. The second kappa shape index (κ2) is 42.1. The van der Waals surface area contributed by atoms with E-state index in [0.29, 0.717) is 16.8 Å². The van der Waals surface area contributed by atoms with E-state index in [1.54, 1.807) is 153 Å². The molecule has 3 saturated heterocycles. The van der Waals surface area contributed by atoms with Crippen LogP contribution in [0.5, 0.6) is 5.75 Å². The highest BCUT2D eigenvalue weighted by Gasteiger charge is 2.60. The molecule has 0 radical (unpaired) electrons. The maximum Gasteiger partial charge on any atom is 0.338 e. The number of alkyl halides is 1. The molecule has 0 aliphatic carbocycles. The lowest BCUT2D eigenvalue weighted by atomic mass is 9.95. The molecule has 0 N–H and O–H groups in total. The smallest absolute Gasteiger partial charge is 0.338 e. The molecular formula is C91H85BrO22S. The topological polar surface area (TPSA) is 250 Å². The van der Waals surface area contributed by atoms with Gasteiger partial charge in [0.25, 0.3) is 0 Å². The van der Waals surface area contributed by atoms with Gasteiger partial charge in [-0.05, 0) is 107 Å². The van der Waals surface area contributed by atoms with Crippen molar-refractivity contribution in [3.8, 4) is 5.75 Å². The summed E-state index contributed by atoms with van der Waals surface area (Å²) in [6.45, 7) is -1.47. The van der Waals surface area contributed by atoms with E-state index in [1.807, 2.05) is 115 Å². The molecule has 3 aliphatic heterocycles. The Hall–Kier alpha value is -10.7. The summed E-state index contributed by atoms with van der Waals surface area (Å²) < 4.78 is 110. The third-order valence-electron chi connectivity index (χ3n) is 19.1. The first-order valence-corrected chi connectivity index (χ1v) is 39.7. The molecule has 15 atom stereocenters. The Morgan fingerprint density at radius 1 is 0.313 bits per heavy atom. The predicted octanol–water partition coefficient (Wildman–Crippen LogP) is 14.7. The molecule has 22 nitrogen and oxygen atoms in total. The first-order chi connectivity index (χ1) is 56.4. The summed E-state index contributed by atoms with van der Waals surface area (Å²) in [5, 5.41) is 0.403. The summed E-state index contributed by atoms with van der Waals surface area (Å²) in [5.41, 5.74) is 2.44. The van der Waals surface area contributed by atoms with Crippen molar-refractivity contribution in [2.45, 2.75) is 118 Å². The number of esters is 6. The van der Waals surface area contributed by atoms with Crippen molar-refractivity contribution in [1.82, 2.24) is 0 Å². The number of carbonyl (C=O) groups is 6. The highest BCUT2D eigenvalue weighted by molar-refractivity contribution is 9.09. The van der Waals surface area contributed by atoms with Crippen LogP contribution in [0.2, 0.25) is 0 Å². The maximum absolute atomic E-state index is 15.6. The summed E-state index contributed by atoms with van der Waals surface area (Å²) in [6.07, 6.45) is -22.6. The Morgan fingerprint density at radius 3 is 1.03 bits per heavy atom. The van der Waals surface area contributed by atoms with E-state index in [2.05, 4.69) is 15.9 Å². The van der Waals surface area contributed by atoms with Crippen LogP contribution in [0.15, 0.2) is 297 Å². The number of hydrogen-bond donors (Lipinski definition) is 0. The van der Waals surface area contributed by atoms with Gasteiger partial charge in [0, 0.05) is 11.1 Å². The number of hydrogen-bond acceptors (Lipinski definition) is 23. The molecule has 3 aliphatic rings. The maximum atomic E-state index is 15.6. The van der Waals surface area contributed by atoms with Crippen molar-refractivity contribution < 1.29 is 105 Å². The van der Waals surface area contributed by atoms with E-state index in [4.69, 9.17) is 75.8 Å². The van der Waals surface area contributed by atoms with Crippen LogP contribution in [0, 0.1) is 0 Å². The standard InChI is InChI=1S/C91H85BrO22S/c1-99-70-49-47-63(48-50-70)56-102-77-74(101-54-61-31-13-3-14-32-61)71(57-100-53-60-29-11-2-12-30-60)106-89(80(77)103-55-62-33-15-4-16-34-62)113-75-72(58-104-83(93)64-35-17-5-18-36-64)107-90(81(111-87(97)68-43-25-9-26-44-68)78(75)109-85(95)66-39-21-7-22-40-66)114-76-73(59-105-84(94)65-37-19-6-20-38-65)108-91(115-52-51-92)82(112-88(98)69-45-27-10-28-46-69)79(76)110-86(96)67-41-23-8-24-42-67/h2-50,71-82,89-91H,51-59H2,1H3/t71-,72-,73-,74+,75+,76-,77+,78+,79+,80-,81-,82-,89-,90+,91+/m1/s1. The Balaban J connectivity index is 0.988. The quantitative estimate of drug-likeness (QED) is 0.0203. The van der Waals surface area contributed by atoms with Crippen molar-refractivity contribution in [3.05, 3.63) is 353 Å². The molecule has 10 aromatic rings. The highest BCUT2D eigenvalue weighted by atomic mass is 79.9. The number of methoxy groups -OCH3 is 1. The van der Waals surface area contributed by atoms with Gasteiger partial charge < -0.3 is 75.8 Å². The summed E-state index contributed by atoms with van der Waals surface area (Å²) in [6, 6.07) is 84.2. The number of halogens is 1. The van der Waals surface area contributed by atoms with Crippen molar-refractivity contribution >= 4 is 63.5 Å². The van der Waals surface area contributed by atoms with Crippen LogP contribution in [-0.4, -0.2) is 165 Å². The van der Waals surface area contributed by atoms with Crippen LogP contribution in [-0.2, 0) is 97.5 Å². The molecular weight excluding hydrogens is 1560 g/mol. The second-order valence-corrected chi connectivity index (χ2v) is 28.9. The monoisotopic (exact) mass is 1640 g/mol. The van der Waals surface area contributed by atoms with Gasteiger partial charge in [0.15, 0.2) is 37.0 Å². The van der Waals surface area contributed by atoms with E-state index < -0.39 is 140 Å². The van der Waals surface area contributed by atoms with Gasteiger partial charge >= 0.3 is 35.8 Å². The molecule has 24 heteroatoms. The fraction of sp³-hybridized carbons (Fsp3) is 0.275. The van der Waals surface area contributed by atoms with E-state index >= 15 is 14.4 Å². The molecule has 594 valence electrons. The van der Waals surface area contributed by atoms with Crippen LogP contribution in [0.3, 0.4) is 0 Å². The third kappa shape index (κ3) is 22.7. The highest BCUT2D eigenvalue weighted by Crippen LogP contribution is 2.41. The lowest BCUT2D eigenvalue weighted by Crippen LogP contribution is -2.68. The Morgan fingerprint density at radius 2 is 0.626 bits per heavy atom. The van der Waals surface area contributed by atoms with Crippen LogP contribution >= 0.6 is 27.7 Å². The van der Waals surface area contributed by atoms with Gasteiger partial charge in [0.1, 0.15) is 73.2 Å². The van der Waals surface area contributed by atoms with Crippen LogP contribution in [0.1, 0.15) is 84.4 Å². The predicted molar refractivity (Wildman–Crippen MR) is 426 cm³/mol. The molecule has 0 spiro atoms. The molecule has 0 amide bonds. The number of benzene rings is 10. The summed E-state index contributed by atoms with van der Waals surface area (Å²) in [5.74, 6) is -4.44. The van der Waals surface area contributed by atoms with Gasteiger partial charge in [-0.3, -0.25) is 0 Å². The minimum atomic E-state index is -2.09. The first kappa shape index (κ1) is 82.3. The SMILES string of the molecule is COc1ccc(CO[C@H]2[C@@H](OCc3ccccc3)[C@@H](COCc3ccccc3)O[C@H](O[C@@H]3[C@H](OC(=O)c4ccccc4)[C@@H](OC(=O)c4ccccc4)[C@H](O[C@H]4[C@H](OC(=O)c5ccccc5)[C@@H](OC(=O)c5ccccc5)[C@H](SCCBr)O[C@@H]4COC(=O)c4ccccc4)O[C@@H]3COC(=O)c3ccccc3)[C@@H]2OCc2ccccc2)cc1. The van der Waals surface area contributed by atoms with Crippen molar-refractivity contribution in [3.63, 3.8) is 0 Å². The molecule has 3 heterocycles. The molecule has 115 heavy (non-hydrogen) atoms. The summed E-state index contributed by atoms with van der Waals surface area (Å²) in [7, 11) is 1.57. The number of rotatable bonds is 35. The number of carbonyl (C=O) groups excluding carboxylic acids is 6. The fourth-order valence-electron chi connectivity index (χ4n) is 13.3. The fourth-order valence-corrected chi connectivity index (χ4v) is 14.8. The van der Waals surface area contributed by atoms with E-state index in [9.17, 15) is 14.4 Å². The van der Waals surface area contributed by atoms with E-state index in [0.717, 1.165) is 22.3 Å². The zero-order chi connectivity index (χ0) is 79.5. The second-order valence-electron chi connectivity index (χ2n) is 26.9. The van der Waals surface area contributed by atoms with Gasteiger partial charge in [-0.2, -0.15) is 0 Å². The first-order valence-electron chi connectivity index (χ1n) is 37.5. The van der Waals surface area contributed by atoms with Crippen LogP contribution < -0.4 is 4.74 Å². The third-order valence-corrected chi connectivity index (χ3v) is 21.1. The molecule has 0 saturated carbocycles. The average Bonchev–Trinajstić information content (AvgIpc) is 0.754. The van der Waals surface area contributed by atoms with Crippen molar-refractivity contribution in [2.75, 3.05) is 38.0 Å². The molecule has 3 fully saturated rings. The number of ether oxygens (including phenoxy) is 16. The zero-order valence-electron chi connectivity index (χ0n) is 62.6. The molecule has 0 unspecified atom stereocenters. The van der Waals surface area contributed by atoms with E-state index in [1.165, 1.54) is 48.2 Å². The van der Waals surface area contributed by atoms with Gasteiger partial charge in [-0.1, -0.05) is 228 Å². The van der Waals surface area contributed by atoms with Gasteiger partial charge in [-0.25, -0.2) is 28.8 Å². The molecule has 0 aromatic heterocycles. The van der Waals surface area contributed by atoms with Crippen LogP contribution in [0.25, 0.3) is 0 Å². The lowest BCUT2D eigenvalue weighted by molar-refractivity contribution is -0.377. The minimum Gasteiger partial charge on any atom is -0.497 e. The Labute approximate surface area is 678 Å². The molecule has 13 rings (SSSR count). The lowest BCUT2D eigenvalue weighted by Gasteiger charge is -2.51. The van der Waals surface area contributed by atoms with Crippen molar-refractivity contribution in [2.24, 2.45) is 0 Å². The van der Waals surface area contributed by atoms with Crippen molar-refractivity contribution in [1.29, 1.82) is 0 Å². The zero-order valence-corrected chi connectivity index (χ0v) is 65.0.